The van der Waals surface area contributed by atoms with Gasteiger partial charge in [-0.15, -0.1) is 0 Å². The maximum absolute atomic E-state index is 13.3. The minimum absolute atomic E-state index is 0.258. The molecule has 3 nitrogen and oxygen atoms in total. The molecule has 2 aromatic heterocycles. The molecule has 3 aromatic rings. The van der Waals surface area contributed by atoms with Crippen LogP contribution in [-0.2, 0) is 0 Å². The lowest BCUT2D eigenvalue weighted by Gasteiger charge is -2.04. The monoisotopic (exact) mass is 271 g/mol. The molecule has 0 aliphatic heterocycles. The van der Waals surface area contributed by atoms with E-state index in [1.54, 1.807) is 24.5 Å². The molecule has 1 aromatic carbocycles. The van der Waals surface area contributed by atoms with Crippen LogP contribution in [0, 0.1) is 5.82 Å². The molecule has 0 amide bonds. The normalized spacial score (nSPS) is 10.6. The van der Waals surface area contributed by atoms with Crippen molar-refractivity contribution in [1.29, 1.82) is 0 Å². The third-order valence-electron chi connectivity index (χ3n) is 2.75. The van der Waals surface area contributed by atoms with Gasteiger partial charge in [0.1, 0.15) is 11.6 Å². The lowest BCUT2D eigenvalue weighted by atomic mass is 10.0. The number of hydrogen-bond acceptors (Lipinski definition) is 4. The van der Waals surface area contributed by atoms with Gasteiger partial charge in [0, 0.05) is 18.0 Å². The Balaban J connectivity index is 2.13. The fraction of sp³-hybridized carbons (Fsp3) is 0. The minimum atomic E-state index is -0.258. The Morgan fingerprint density at radius 3 is 2.79 bits per heavy atom. The molecule has 0 unspecified atom stereocenters. The first-order valence-corrected chi connectivity index (χ1v) is 6.44. The van der Waals surface area contributed by atoms with Crippen LogP contribution < -0.4 is 5.73 Å². The predicted molar refractivity (Wildman–Crippen MR) is 75.2 cm³/mol. The predicted octanol–water partition coefficient (Wildman–Crippen LogP) is 3.59. The molecule has 0 aliphatic rings. The first-order chi connectivity index (χ1) is 9.24. The summed E-state index contributed by atoms with van der Waals surface area (Å²) in [6.07, 6.45) is 3.41. The third-order valence-corrected chi connectivity index (χ3v) is 3.60. The molecule has 0 aliphatic carbocycles. The Bertz CT molecular complexity index is 664. The van der Waals surface area contributed by atoms with Gasteiger partial charge in [-0.1, -0.05) is 12.1 Å². The van der Waals surface area contributed by atoms with Crippen molar-refractivity contribution in [3.05, 3.63) is 54.6 Å². The fourth-order valence-corrected chi connectivity index (χ4v) is 2.66. The Kier molecular flexibility index (Phi) is 2.97. The second kappa shape index (κ2) is 4.78. The van der Waals surface area contributed by atoms with Crippen molar-refractivity contribution in [2.75, 3.05) is 5.73 Å². The van der Waals surface area contributed by atoms with Crippen LogP contribution in [0.5, 0.6) is 0 Å². The molecule has 0 saturated carbocycles. The Morgan fingerprint density at radius 1 is 1.11 bits per heavy atom. The van der Waals surface area contributed by atoms with Crippen molar-refractivity contribution >= 4 is 17.4 Å². The second-order valence-corrected chi connectivity index (χ2v) is 4.85. The summed E-state index contributed by atoms with van der Waals surface area (Å²) in [7, 11) is 0. The van der Waals surface area contributed by atoms with Crippen molar-refractivity contribution in [3.8, 4) is 21.6 Å². The Hall–Kier alpha value is -2.27. The summed E-state index contributed by atoms with van der Waals surface area (Å²) in [5, 5.41) is 0. The lowest BCUT2D eigenvalue weighted by Crippen LogP contribution is -1.89. The molecular weight excluding hydrogens is 261 g/mol. The third kappa shape index (κ3) is 2.32. The van der Waals surface area contributed by atoms with E-state index in [0.29, 0.717) is 5.82 Å². The van der Waals surface area contributed by atoms with E-state index in [1.165, 1.54) is 23.7 Å². The number of nitrogen functional groups attached to an aromatic ring is 1. The molecular formula is C14H10FN3S. The van der Waals surface area contributed by atoms with Gasteiger partial charge in [0.05, 0.1) is 4.88 Å². The zero-order valence-electron chi connectivity index (χ0n) is 9.88. The van der Waals surface area contributed by atoms with Gasteiger partial charge < -0.3 is 5.73 Å². The van der Waals surface area contributed by atoms with E-state index in [0.717, 1.165) is 21.6 Å². The molecule has 0 atom stereocenters. The minimum Gasteiger partial charge on any atom is -0.384 e. The summed E-state index contributed by atoms with van der Waals surface area (Å²) in [4.78, 5) is 4.89. The molecule has 5 heteroatoms. The van der Waals surface area contributed by atoms with Gasteiger partial charge in [-0.05, 0) is 46.9 Å². The van der Waals surface area contributed by atoms with Crippen molar-refractivity contribution < 1.29 is 4.39 Å². The Morgan fingerprint density at radius 2 is 2.00 bits per heavy atom. The highest BCUT2D eigenvalue weighted by Gasteiger charge is 2.11. The fourth-order valence-electron chi connectivity index (χ4n) is 1.90. The van der Waals surface area contributed by atoms with Crippen LogP contribution in [0.1, 0.15) is 0 Å². The van der Waals surface area contributed by atoms with Crippen LogP contribution in [0.4, 0.5) is 10.2 Å². The number of benzene rings is 1. The maximum Gasteiger partial charge on any atom is 0.123 e. The molecule has 2 heterocycles. The molecule has 94 valence electrons. The van der Waals surface area contributed by atoms with Crippen LogP contribution in [0.25, 0.3) is 21.6 Å². The number of nitrogens with two attached hydrogens (primary N) is 1. The van der Waals surface area contributed by atoms with E-state index < -0.39 is 0 Å². The van der Waals surface area contributed by atoms with Crippen molar-refractivity contribution in [2.24, 2.45) is 0 Å². The van der Waals surface area contributed by atoms with E-state index in [4.69, 9.17) is 5.73 Å². The highest BCUT2D eigenvalue weighted by atomic mass is 32.1. The Labute approximate surface area is 113 Å². The van der Waals surface area contributed by atoms with Crippen LogP contribution in [-0.4, -0.2) is 9.36 Å². The average Bonchev–Trinajstić information content (AvgIpc) is 2.88. The van der Waals surface area contributed by atoms with Crippen LogP contribution in [0.3, 0.4) is 0 Å². The van der Waals surface area contributed by atoms with Gasteiger partial charge in [0.15, 0.2) is 0 Å². The average molecular weight is 271 g/mol. The summed E-state index contributed by atoms with van der Waals surface area (Å²) >= 11 is 1.33. The van der Waals surface area contributed by atoms with Crippen LogP contribution >= 0.6 is 11.5 Å². The van der Waals surface area contributed by atoms with Gasteiger partial charge in [-0.2, -0.15) is 4.37 Å². The number of anilines is 1. The van der Waals surface area contributed by atoms with E-state index in [9.17, 15) is 4.39 Å². The summed E-state index contributed by atoms with van der Waals surface area (Å²) in [5.74, 6) is 0.194. The van der Waals surface area contributed by atoms with Crippen molar-refractivity contribution in [1.82, 2.24) is 9.36 Å². The number of hydrogen-bond donors (Lipinski definition) is 1. The van der Waals surface area contributed by atoms with Crippen molar-refractivity contribution in [3.63, 3.8) is 0 Å². The quantitative estimate of drug-likeness (QED) is 0.775. The molecule has 0 bridgehead atoms. The smallest absolute Gasteiger partial charge is 0.123 e. The number of rotatable bonds is 2. The molecule has 3 rings (SSSR count). The number of halogens is 1. The summed E-state index contributed by atoms with van der Waals surface area (Å²) < 4.78 is 17.5. The lowest BCUT2D eigenvalue weighted by molar-refractivity contribution is 0.628. The molecule has 19 heavy (non-hydrogen) atoms. The number of nitrogens with zero attached hydrogens (tertiary/aromatic N) is 2. The highest BCUT2D eigenvalue weighted by molar-refractivity contribution is 7.10. The van der Waals surface area contributed by atoms with Crippen LogP contribution in [0.15, 0.2) is 48.8 Å². The zero-order chi connectivity index (χ0) is 13.2. The summed E-state index contributed by atoms with van der Waals surface area (Å²) in [6.45, 7) is 0. The molecule has 0 radical (unpaired) electrons. The first-order valence-electron chi connectivity index (χ1n) is 5.66. The maximum atomic E-state index is 13.3. The van der Waals surface area contributed by atoms with Crippen LogP contribution in [0.2, 0.25) is 0 Å². The summed E-state index contributed by atoms with van der Waals surface area (Å²) in [5.41, 5.74) is 8.37. The molecule has 2 N–H and O–H groups in total. The van der Waals surface area contributed by atoms with Gasteiger partial charge in [-0.3, -0.25) is 0 Å². The van der Waals surface area contributed by atoms with E-state index >= 15 is 0 Å². The first kappa shape index (κ1) is 11.8. The van der Waals surface area contributed by atoms with E-state index in [2.05, 4.69) is 9.36 Å². The van der Waals surface area contributed by atoms with Crippen molar-refractivity contribution in [2.45, 2.75) is 0 Å². The van der Waals surface area contributed by atoms with Gasteiger partial charge in [-0.25, -0.2) is 9.37 Å². The van der Waals surface area contributed by atoms with E-state index in [-0.39, 0.29) is 5.82 Å². The standard InChI is InChI=1S/C14H10FN3S/c15-11-3-1-2-10(6-11)14-12(8-18-19-14)9-4-5-17-13(16)7-9/h1-8H,(H2,16,17). The number of aromatic nitrogens is 2. The van der Waals surface area contributed by atoms with E-state index in [1.807, 2.05) is 12.1 Å². The SMILES string of the molecule is Nc1cc(-c2cnsc2-c2cccc(F)c2)ccn1. The van der Waals surface area contributed by atoms with Gasteiger partial charge in [0.25, 0.3) is 0 Å². The van der Waals surface area contributed by atoms with Gasteiger partial charge in [0.2, 0.25) is 0 Å². The second-order valence-electron chi connectivity index (χ2n) is 4.05. The zero-order valence-corrected chi connectivity index (χ0v) is 10.7. The highest BCUT2D eigenvalue weighted by Crippen LogP contribution is 2.35. The topological polar surface area (TPSA) is 51.8 Å². The molecule has 0 spiro atoms. The van der Waals surface area contributed by atoms with Gasteiger partial charge >= 0.3 is 0 Å². The summed E-state index contributed by atoms with van der Waals surface area (Å²) in [6, 6.07) is 10.1. The number of pyridine rings is 1. The molecule has 0 fully saturated rings. The molecule has 0 saturated heterocycles. The largest absolute Gasteiger partial charge is 0.384 e.